The molecule has 26 heavy (non-hydrogen) atoms. The van der Waals surface area contributed by atoms with Crippen molar-refractivity contribution in [1.29, 1.82) is 0 Å². The van der Waals surface area contributed by atoms with Crippen molar-refractivity contribution in [2.45, 2.75) is 6.54 Å². The summed E-state index contributed by atoms with van der Waals surface area (Å²) >= 11 is 5.81. The van der Waals surface area contributed by atoms with E-state index in [0.29, 0.717) is 25.6 Å². The number of nitrogens with zero attached hydrogens (tertiary/aromatic N) is 5. The third-order valence-electron chi connectivity index (χ3n) is 4.17. The summed E-state index contributed by atoms with van der Waals surface area (Å²) < 4.78 is 14.9. The highest BCUT2D eigenvalue weighted by molar-refractivity contribution is 6.30. The van der Waals surface area contributed by atoms with Gasteiger partial charge in [0.25, 0.3) is 0 Å². The van der Waals surface area contributed by atoms with Gasteiger partial charge in [0.05, 0.1) is 16.9 Å². The molecule has 138 valence electrons. The van der Waals surface area contributed by atoms with Crippen LogP contribution in [-0.4, -0.2) is 53.2 Å². The molecule has 1 N–H and O–H groups in total. The second kappa shape index (κ2) is 7.74. The summed E-state index contributed by atoms with van der Waals surface area (Å²) in [6.45, 7) is 1.85. The molecule has 1 aromatic heterocycles. The monoisotopic (exact) mass is 378 g/mol. The zero-order valence-corrected chi connectivity index (χ0v) is 15.4. The van der Waals surface area contributed by atoms with Gasteiger partial charge in [0, 0.05) is 39.9 Å². The zero-order valence-electron chi connectivity index (χ0n) is 14.6. The Morgan fingerprint density at radius 3 is 2.85 bits per heavy atom. The number of halogens is 2. The van der Waals surface area contributed by atoms with E-state index in [1.54, 1.807) is 35.0 Å². The third kappa shape index (κ3) is 3.96. The van der Waals surface area contributed by atoms with Crippen LogP contribution in [-0.2, 0) is 18.4 Å². The molecule has 0 spiro atoms. The van der Waals surface area contributed by atoms with Gasteiger partial charge in [-0.3, -0.25) is 14.5 Å². The van der Waals surface area contributed by atoms with Crippen LogP contribution in [0.5, 0.6) is 0 Å². The number of benzene rings is 1. The standard InChI is InChI=1S/C17H20ClFN6O/c1-20-17(21-8-12-3-4-15(19)14(18)7-12)24-5-6-25(16(26)11-24)13-9-22-23(2)10-13/h3-4,7,9-10H,5-6,8,11H2,1-2H3,(H,20,21). The fourth-order valence-electron chi connectivity index (χ4n) is 2.84. The fraction of sp³-hybridized carbons (Fsp3) is 0.353. The smallest absolute Gasteiger partial charge is 0.246 e. The molecular weight excluding hydrogens is 359 g/mol. The molecule has 3 rings (SSSR count). The topological polar surface area (TPSA) is 65.8 Å². The van der Waals surface area contributed by atoms with Gasteiger partial charge in [0.1, 0.15) is 12.4 Å². The van der Waals surface area contributed by atoms with Gasteiger partial charge in [-0.15, -0.1) is 0 Å². The summed E-state index contributed by atoms with van der Waals surface area (Å²) in [5.41, 5.74) is 1.62. The number of hydrogen-bond acceptors (Lipinski definition) is 3. The van der Waals surface area contributed by atoms with Crippen molar-refractivity contribution in [3.05, 3.63) is 47.0 Å². The molecule has 1 saturated heterocycles. The van der Waals surface area contributed by atoms with Gasteiger partial charge in [0.2, 0.25) is 5.91 Å². The van der Waals surface area contributed by atoms with E-state index in [1.165, 1.54) is 6.07 Å². The van der Waals surface area contributed by atoms with Gasteiger partial charge >= 0.3 is 0 Å². The molecule has 1 aliphatic heterocycles. The number of anilines is 1. The highest BCUT2D eigenvalue weighted by Gasteiger charge is 2.27. The van der Waals surface area contributed by atoms with Crippen LogP contribution in [0.3, 0.4) is 0 Å². The Balaban J connectivity index is 1.61. The average molecular weight is 379 g/mol. The number of piperazine rings is 1. The first-order valence-corrected chi connectivity index (χ1v) is 8.54. The van der Waals surface area contributed by atoms with Crippen LogP contribution in [0.1, 0.15) is 5.56 Å². The number of aliphatic imine (C=N–C) groups is 1. The summed E-state index contributed by atoms with van der Waals surface area (Å²) in [6, 6.07) is 4.56. The Hall–Kier alpha value is -2.61. The van der Waals surface area contributed by atoms with Crippen LogP contribution in [0.4, 0.5) is 10.1 Å². The van der Waals surface area contributed by atoms with Crippen LogP contribution < -0.4 is 10.2 Å². The van der Waals surface area contributed by atoms with Gasteiger partial charge in [-0.05, 0) is 17.7 Å². The molecule has 2 heterocycles. The van der Waals surface area contributed by atoms with E-state index in [1.807, 2.05) is 18.1 Å². The number of nitrogens with one attached hydrogen (secondary N) is 1. The number of amides is 1. The van der Waals surface area contributed by atoms with Crippen molar-refractivity contribution in [3.63, 3.8) is 0 Å². The maximum Gasteiger partial charge on any atom is 0.246 e. The Kier molecular flexibility index (Phi) is 5.41. The van der Waals surface area contributed by atoms with Crippen LogP contribution in [0.15, 0.2) is 35.6 Å². The molecular formula is C17H20ClFN6O. The number of hydrogen-bond donors (Lipinski definition) is 1. The minimum atomic E-state index is -0.447. The quantitative estimate of drug-likeness (QED) is 0.651. The molecule has 0 saturated carbocycles. The van der Waals surface area contributed by atoms with Crippen LogP contribution in [0.2, 0.25) is 5.02 Å². The Morgan fingerprint density at radius 1 is 1.42 bits per heavy atom. The van der Waals surface area contributed by atoms with Crippen LogP contribution in [0, 0.1) is 5.82 Å². The molecule has 0 atom stereocenters. The molecule has 0 unspecified atom stereocenters. The first kappa shape index (κ1) is 18.2. The lowest BCUT2D eigenvalue weighted by molar-refractivity contribution is -0.120. The summed E-state index contributed by atoms with van der Waals surface area (Å²) in [7, 11) is 3.48. The van der Waals surface area contributed by atoms with Crippen molar-refractivity contribution in [3.8, 4) is 0 Å². The van der Waals surface area contributed by atoms with E-state index >= 15 is 0 Å². The van der Waals surface area contributed by atoms with Gasteiger partial charge in [0.15, 0.2) is 5.96 Å². The highest BCUT2D eigenvalue weighted by Crippen LogP contribution is 2.17. The minimum absolute atomic E-state index is 0.0166. The highest BCUT2D eigenvalue weighted by atomic mass is 35.5. The maximum absolute atomic E-state index is 13.2. The second-order valence-electron chi connectivity index (χ2n) is 5.99. The van der Waals surface area contributed by atoms with Crippen molar-refractivity contribution < 1.29 is 9.18 Å². The SMILES string of the molecule is CN=C(NCc1ccc(F)c(Cl)c1)N1CCN(c2cnn(C)c2)C(=O)C1. The van der Waals surface area contributed by atoms with E-state index in [2.05, 4.69) is 15.4 Å². The van der Waals surface area contributed by atoms with Crippen molar-refractivity contribution in [2.75, 3.05) is 31.6 Å². The molecule has 1 fully saturated rings. The summed E-state index contributed by atoms with van der Waals surface area (Å²) in [5.74, 6) is 0.151. The summed E-state index contributed by atoms with van der Waals surface area (Å²) in [4.78, 5) is 20.3. The van der Waals surface area contributed by atoms with Crippen LogP contribution in [0.25, 0.3) is 0 Å². The van der Waals surface area contributed by atoms with Gasteiger partial charge < -0.3 is 15.1 Å². The van der Waals surface area contributed by atoms with Gasteiger partial charge in [-0.2, -0.15) is 5.10 Å². The third-order valence-corrected chi connectivity index (χ3v) is 4.46. The molecule has 1 aliphatic rings. The maximum atomic E-state index is 13.2. The predicted octanol–water partition coefficient (Wildman–Crippen LogP) is 1.64. The normalized spacial score (nSPS) is 15.5. The summed E-state index contributed by atoms with van der Waals surface area (Å²) in [6.07, 6.45) is 3.50. The molecule has 1 amide bonds. The van der Waals surface area contributed by atoms with E-state index in [4.69, 9.17) is 11.6 Å². The molecule has 9 heteroatoms. The zero-order chi connectivity index (χ0) is 18.7. The number of aryl methyl sites for hydroxylation is 1. The minimum Gasteiger partial charge on any atom is -0.352 e. The second-order valence-corrected chi connectivity index (χ2v) is 6.40. The molecule has 7 nitrogen and oxygen atoms in total. The van der Waals surface area contributed by atoms with Gasteiger partial charge in [-0.25, -0.2) is 4.39 Å². The molecule has 2 aromatic rings. The first-order chi connectivity index (χ1) is 12.5. The molecule has 0 aliphatic carbocycles. The predicted molar refractivity (Wildman–Crippen MR) is 98.7 cm³/mol. The fourth-order valence-corrected chi connectivity index (χ4v) is 3.04. The van der Waals surface area contributed by atoms with E-state index in [0.717, 1.165) is 11.3 Å². The number of carbonyl (C=O) groups is 1. The lowest BCUT2D eigenvalue weighted by Crippen LogP contribution is -2.55. The molecule has 0 bridgehead atoms. The van der Waals surface area contributed by atoms with E-state index in [-0.39, 0.29) is 17.5 Å². The van der Waals surface area contributed by atoms with Crippen molar-refractivity contribution in [2.24, 2.45) is 12.0 Å². The van der Waals surface area contributed by atoms with E-state index in [9.17, 15) is 9.18 Å². The van der Waals surface area contributed by atoms with Crippen LogP contribution >= 0.6 is 11.6 Å². The molecule has 1 aromatic carbocycles. The Morgan fingerprint density at radius 2 is 2.23 bits per heavy atom. The van der Waals surface area contributed by atoms with Crippen molar-refractivity contribution >= 4 is 29.2 Å². The lowest BCUT2D eigenvalue weighted by atomic mass is 10.2. The number of guanidine groups is 1. The largest absolute Gasteiger partial charge is 0.352 e. The Labute approximate surface area is 156 Å². The van der Waals surface area contributed by atoms with Gasteiger partial charge in [-0.1, -0.05) is 17.7 Å². The van der Waals surface area contributed by atoms with Crippen molar-refractivity contribution in [1.82, 2.24) is 20.0 Å². The van der Waals surface area contributed by atoms with E-state index < -0.39 is 5.82 Å². The average Bonchev–Trinajstić information content (AvgIpc) is 3.04. The first-order valence-electron chi connectivity index (χ1n) is 8.16. The summed E-state index contributed by atoms with van der Waals surface area (Å²) in [5, 5.41) is 7.38. The Bertz CT molecular complexity index is 836. The number of carbonyl (C=O) groups excluding carboxylic acids is 1. The lowest BCUT2D eigenvalue weighted by Gasteiger charge is -2.35. The molecule has 0 radical (unpaired) electrons. The number of rotatable bonds is 3. The number of aromatic nitrogens is 2.